The van der Waals surface area contributed by atoms with Crippen LogP contribution in [0.4, 0.5) is 5.69 Å². The normalized spacial score (nSPS) is 15.8. The van der Waals surface area contributed by atoms with E-state index in [-0.39, 0.29) is 0 Å². The third kappa shape index (κ3) is 2.44. The summed E-state index contributed by atoms with van der Waals surface area (Å²) in [7, 11) is 0. The number of aryl methyl sites for hydroxylation is 1. The molecule has 0 unspecified atom stereocenters. The lowest BCUT2D eigenvalue weighted by Gasteiger charge is -2.07. The van der Waals surface area contributed by atoms with E-state index in [0.717, 1.165) is 12.5 Å². The molecule has 0 aliphatic heterocycles. The van der Waals surface area contributed by atoms with Crippen molar-refractivity contribution in [1.29, 1.82) is 0 Å². The molecule has 1 aliphatic rings. The van der Waals surface area contributed by atoms with Crippen LogP contribution < -0.4 is 5.32 Å². The Morgan fingerprint density at radius 3 is 3.08 bits per heavy atom. The molecule has 0 spiro atoms. The van der Waals surface area contributed by atoms with E-state index in [4.69, 9.17) is 0 Å². The number of pyridine rings is 1. The van der Waals surface area contributed by atoms with Crippen molar-refractivity contribution in [1.82, 2.24) is 4.98 Å². The molecule has 1 fully saturated rings. The van der Waals surface area contributed by atoms with Gasteiger partial charge in [-0.25, -0.2) is 0 Å². The van der Waals surface area contributed by atoms with E-state index in [2.05, 4.69) is 17.2 Å². The van der Waals surface area contributed by atoms with Crippen LogP contribution in [-0.4, -0.2) is 11.5 Å². The number of hydrogen-bond donors (Lipinski definition) is 1. The monoisotopic (exact) mass is 176 g/mol. The number of hydrogen-bond acceptors (Lipinski definition) is 2. The highest BCUT2D eigenvalue weighted by Gasteiger charge is 2.20. The third-order valence-electron chi connectivity index (χ3n) is 2.59. The van der Waals surface area contributed by atoms with Crippen LogP contribution in [0.25, 0.3) is 0 Å². The molecule has 1 heterocycles. The molecule has 13 heavy (non-hydrogen) atoms. The summed E-state index contributed by atoms with van der Waals surface area (Å²) in [6.45, 7) is 3.20. The van der Waals surface area contributed by atoms with Gasteiger partial charge in [0, 0.05) is 24.6 Å². The third-order valence-corrected chi connectivity index (χ3v) is 2.59. The molecular weight excluding hydrogens is 160 g/mol. The molecule has 2 heteroatoms. The van der Waals surface area contributed by atoms with E-state index in [0.29, 0.717) is 0 Å². The highest BCUT2D eigenvalue weighted by molar-refractivity contribution is 5.48. The lowest BCUT2D eigenvalue weighted by atomic mass is 10.2. The van der Waals surface area contributed by atoms with E-state index in [1.807, 2.05) is 18.5 Å². The van der Waals surface area contributed by atoms with Gasteiger partial charge in [0.15, 0.2) is 0 Å². The molecule has 0 saturated heterocycles. The van der Waals surface area contributed by atoms with E-state index >= 15 is 0 Å². The molecule has 1 aliphatic carbocycles. The molecule has 1 saturated carbocycles. The molecule has 0 radical (unpaired) electrons. The average Bonchev–Trinajstić information content (AvgIpc) is 2.92. The molecule has 0 amide bonds. The topological polar surface area (TPSA) is 24.9 Å². The van der Waals surface area contributed by atoms with Crippen molar-refractivity contribution in [3.05, 3.63) is 24.0 Å². The minimum Gasteiger partial charge on any atom is -0.385 e. The molecular formula is C11H16N2. The first-order valence-electron chi connectivity index (χ1n) is 5.01. The van der Waals surface area contributed by atoms with Crippen LogP contribution in [0, 0.1) is 12.8 Å². The average molecular weight is 176 g/mol. The van der Waals surface area contributed by atoms with Gasteiger partial charge >= 0.3 is 0 Å². The molecule has 70 valence electrons. The van der Waals surface area contributed by atoms with Crippen LogP contribution >= 0.6 is 0 Å². The van der Waals surface area contributed by atoms with Crippen molar-refractivity contribution in [2.75, 3.05) is 11.9 Å². The van der Waals surface area contributed by atoms with E-state index < -0.39 is 0 Å². The summed E-state index contributed by atoms with van der Waals surface area (Å²) < 4.78 is 0. The molecule has 2 nitrogen and oxygen atoms in total. The summed E-state index contributed by atoms with van der Waals surface area (Å²) in [5.74, 6) is 1.01. The van der Waals surface area contributed by atoms with Gasteiger partial charge in [0.1, 0.15) is 0 Å². The van der Waals surface area contributed by atoms with Gasteiger partial charge in [-0.05, 0) is 30.9 Å². The van der Waals surface area contributed by atoms with Gasteiger partial charge in [0.2, 0.25) is 0 Å². The molecule has 0 bridgehead atoms. The second kappa shape index (κ2) is 3.77. The predicted octanol–water partition coefficient (Wildman–Crippen LogP) is 2.60. The van der Waals surface area contributed by atoms with Crippen molar-refractivity contribution in [3.8, 4) is 0 Å². The van der Waals surface area contributed by atoms with Crippen molar-refractivity contribution >= 4 is 5.69 Å². The summed E-state index contributed by atoms with van der Waals surface area (Å²) >= 11 is 0. The van der Waals surface area contributed by atoms with Gasteiger partial charge in [-0.15, -0.1) is 0 Å². The van der Waals surface area contributed by atoms with Crippen molar-refractivity contribution in [3.63, 3.8) is 0 Å². The van der Waals surface area contributed by atoms with Crippen LogP contribution in [0.1, 0.15) is 24.8 Å². The summed E-state index contributed by atoms with van der Waals surface area (Å²) in [5, 5.41) is 3.44. The fourth-order valence-electron chi connectivity index (χ4n) is 1.49. The van der Waals surface area contributed by atoms with Gasteiger partial charge in [-0.3, -0.25) is 4.98 Å². The highest BCUT2D eigenvalue weighted by atomic mass is 14.9. The highest BCUT2D eigenvalue weighted by Crippen LogP contribution is 2.32. The first-order chi connectivity index (χ1) is 6.36. The maximum atomic E-state index is 4.06. The number of nitrogens with one attached hydrogen (secondary N) is 1. The number of anilines is 1. The van der Waals surface area contributed by atoms with E-state index in [1.54, 1.807) is 0 Å². The molecule has 0 aromatic carbocycles. The number of nitrogens with zero attached hydrogens (tertiary/aromatic N) is 1. The van der Waals surface area contributed by atoms with E-state index in [9.17, 15) is 0 Å². The Hall–Kier alpha value is -1.05. The fourth-order valence-corrected chi connectivity index (χ4v) is 1.49. The second-order valence-corrected chi connectivity index (χ2v) is 3.85. The lowest BCUT2D eigenvalue weighted by molar-refractivity contribution is 0.760. The minimum absolute atomic E-state index is 1.01. The van der Waals surface area contributed by atoms with Gasteiger partial charge in [0.05, 0.1) is 0 Å². The Balaban J connectivity index is 1.82. The van der Waals surface area contributed by atoms with Crippen molar-refractivity contribution < 1.29 is 0 Å². The van der Waals surface area contributed by atoms with Crippen LogP contribution in [0.15, 0.2) is 18.5 Å². The Kier molecular flexibility index (Phi) is 2.48. The number of rotatable bonds is 4. The van der Waals surface area contributed by atoms with Gasteiger partial charge in [-0.2, -0.15) is 0 Å². The van der Waals surface area contributed by atoms with Gasteiger partial charge < -0.3 is 5.32 Å². The summed E-state index contributed by atoms with van der Waals surface area (Å²) in [6, 6.07) is 2.04. The van der Waals surface area contributed by atoms with Gasteiger partial charge in [-0.1, -0.05) is 12.8 Å². The van der Waals surface area contributed by atoms with Gasteiger partial charge in [0.25, 0.3) is 0 Å². The second-order valence-electron chi connectivity index (χ2n) is 3.85. The predicted molar refractivity (Wildman–Crippen MR) is 54.8 cm³/mol. The Morgan fingerprint density at radius 1 is 1.54 bits per heavy atom. The Bertz CT molecular complexity index is 279. The largest absolute Gasteiger partial charge is 0.385 e. The van der Waals surface area contributed by atoms with E-state index in [1.165, 1.54) is 30.5 Å². The zero-order chi connectivity index (χ0) is 9.10. The molecule has 1 aromatic heterocycles. The van der Waals surface area contributed by atoms with Crippen LogP contribution in [0.2, 0.25) is 0 Å². The number of aromatic nitrogens is 1. The maximum absolute atomic E-state index is 4.06. The standard InChI is InChI=1S/C11H16N2/c1-9-8-12-6-5-11(9)13-7-4-10-2-3-10/h5-6,8,10H,2-4,7H2,1H3,(H,12,13). The van der Waals surface area contributed by atoms with Crippen molar-refractivity contribution in [2.24, 2.45) is 5.92 Å². The first kappa shape index (κ1) is 8.54. The maximum Gasteiger partial charge on any atom is 0.0400 e. The van der Waals surface area contributed by atoms with Crippen LogP contribution in [-0.2, 0) is 0 Å². The quantitative estimate of drug-likeness (QED) is 0.762. The first-order valence-corrected chi connectivity index (χ1v) is 5.01. The zero-order valence-electron chi connectivity index (χ0n) is 8.09. The van der Waals surface area contributed by atoms with Crippen LogP contribution in [0.5, 0.6) is 0 Å². The molecule has 1 N–H and O–H groups in total. The van der Waals surface area contributed by atoms with Crippen molar-refractivity contribution in [2.45, 2.75) is 26.2 Å². The fraction of sp³-hybridized carbons (Fsp3) is 0.545. The summed E-state index contributed by atoms with van der Waals surface area (Å²) in [6.07, 6.45) is 7.95. The lowest BCUT2D eigenvalue weighted by Crippen LogP contribution is -2.03. The molecule has 2 rings (SSSR count). The smallest absolute Gasteiger partial charge is 0.0400 e. The summed E-state index contributed by atoms with van der Waals surface area (Å²) in [5.41, 5.74) is 2.47. The summed E-state index contributed by atoms with van der Waals surface area (Å²) in [4.78, 5) is 4.06. The Morgan fingerprint density at radius 2 is 2.38 bits per heavy atom. The molecule has 1 aromatic rings. The van der Waals surface area contributed by atoms with Crippen LogP contribution in [0.3, 0.4) is 0 Å². The minimum atomic E-state index is 1.01. The Labute approximate surface area is 79.4 Å². The zero-order valence-corrected chi connectivity index (χ0v) is 8.09. The SMILES string of the molecule is Cc1cnccc1NCCC1CC1. The molecule has 0 atom stereocenters.